The van der Waals surface area contributed by atoms with Gasteiger partial charge in [0.15, 0.2) is 0 Å². The molecule has 0 aromatic heterocycles. The van der Waals surface area contributed by atoms with E-state index in [4.69, 9.17) is 5.73 Å². The van der Waals surface area contributed by atoms with Gasteiger partial charge in [0.2, 0.25) is 0 Å². The van der Waals surface area contributed by atoms with E-state index in [1.54, 1.807) is 0 Å². The highest BCUT2D eigenvalue weighted by atomic mass is 15.2. The lowest BCUT2D eigenvalue weighted by atomic mass is 9.91. The Morgan fingerprint density at radius 1 is 1.16 bits per heavy atom. The van der Waals surface area contributed by atoms with E-state index in [2.05, 4.69) is 36.1 Å². The molecule has 1 aliphatic carbocycles. The Bertz CT molecular complexity index is 416. The minimum Gasteiger partial charge on any atom is -0.329 e. The van der Waals surface area contributed by atoms with Gasteiger partial charge in [0, 0.05) is 18.1 Å². The van der Waals surface area contributed by atoms with Gasteiger partial charge in [-0.3, -0.25) is 4.90 Å². The first-order chi connectivity index (χ1) is 9.25. The lowest BCUT2D eigenvalue weighted by Crippen LogP contribution is -2.57. The van der Waals surface area contributed by atoms with Crippen LogP contribution in [0.25, 0.3) is 0 Å². The van der Waals surface area contributed by atoms with Crippen molar-refractivity contribution in [3.8, 4) is 0 Å². The number of nitrogens with zero attached hydrogens (tertiary/aromatic N) is 1. The van der Waals surface area contributed by atoms with Crippen molar-refractivity contribution in [2.24, 2.45) is 5.73 Å². The van der Waals surface area contributed by atoms with Crippen LogP contribution in [-0.2, 0) is 12.8 Å². The molecule has 0 saturated carbocycles. The first kappa shape index (κ1) is 13.1. The highest BCUT2D eigenvalue weighted by Crippen LogP contribution is 2.37. The third kappa shape index (κ3) is 2.32. The molecular formula is C17H26N2. The number of fused-ring (bicyclic) bond motifs is 1. The van der Waals surface area contributed by atoms with Crippen LogP contribution in [0.1, 0.15) is 43.7 Å². The Morgan fingerprint density at radius 2 is 1.84 bits per heavy atom. The third-order valence-electron chi connectivity index (χ3n) is 5.20. The summed E-state index contributed by atoms with van der Waals surface area (Å²) in [6.07, 6.45) is 7.72. The van der Waals surface area contributed by atoms with Gasteiger partial charge in [-0.25, -0.2) is 0 Å². The number of nitrogens with two attached hydrogens (primary N) is 1. The molecule has 19 heavy (non-hydrogen) atoms. The van der Waals surface area contributed by atoms with Crippen LogP contribution in [0.4, 0.5) is 0 Å². The first-order valence-electron chi connectivity index (χ1n) is 7.79. The average Bonchev–Trinajstić information content (AvgIpc) is 2.68. The summed E-state index contributed by atoms with van der Waals surface area (Å²) < 4.78 is 0. The van der Waals surface area contributed by atoms with Crippen LogP contribution in [0.3, 0.4) is 0 Å². The van der Waals surface area contributed by atoms with E-state index in [-0.39, 0.29) is 5.54 Å². The molecule has 1 heterocycles. The Kier molecular flexibility index (Phi) is 3.64. The van der Waals surface area contributed by atoms with Crippen LogP contribution in [0.5, 0.6) is 0 Å². The number of hydrogen-bond acceptors (Lipinski definition) is 2. The van der Waals surface area contributed by atoms with Crippen molar-refractivity contribution in [3.63, 3.8) is 0 Å². The Morgan fingerprint density at radius 3 is 2.47 bits per heavy atom. The van der Waals surface area contributed by atoms with Gasteiger partial charge in [0.1, 0.15) is 0 Å². The van der Waals surface area contributed by atoms with E-state index >= 15 is 0 Å². The molecule has 1 fully saturated rings. The fraction of sp³-hybridized carbons (Fsp3) is 0.647. The average molecular weight is 258 g/mol. The monoisotopic (exact) mass is 258 g/mol. The maximum Gasteiger partial charge on any atom is 0.0415 e. The molecule has 1 aromatic carbocycles. The van der Waals surface area contributed by atoms with Crippen LogP contribution in [0.15, 0.2) is 24.3 Å². The van der Waals surface area contributed by atoms with Crippen molar-refractivity contribution in [2.45, 2.75) is 57.0 Å². The fourth-order valence-corrected chi connectivity index (χ4v) is 4.12. The van der Waals surface area contributed by atoms with Crippen LogP contribution in [0.2, 0.25) is 0 Å². The third-order valence-corrected chi connectivity index (χ3v) is 5.20. The largest absolute Gasteiger partial charge is 0.329 e. The number of hydrogen-bond donors (Lipinski definition) is 1. The normalized spacial score (nSPS) is 26.9. The molecule has 1 aliphatic heterocycles. The minimum atomic E-state index is 0.188. The first-order valence-corrected chi connectivity index (χ1v) is 7.79. The predicted octanol–water partition coefficient (Wildman–Crippen LogP) is 2.75. The summed E-state index contributed by atoms with van der Waals surface area (Å²) in [6.45, 7) is 4.41. The molecule has 1 unspecified atom stereocenters. The lowest BCUT2D eigenvalue weighted by molar-refractivity contribution is 0.0645. The summed E-state index contributed by atoms with van der Waals surface area (Å²) in [4.78, 5) is 2.74. The second-order valence-electron chi connectivity index (χ2n) is 6.44. The number of rotatable bonds is 2. The molecule has 0 radical (unpaired) electrons. The predicted molar refractivity (Wildman–Crippen MR) is 80.3 cm³/mol. The van der Waals surface area contributed by atoms with Crippen molar-refractivity contribution < 1.29 is 0 Å². The number of benzene rings is 1. The Hall–Kier alpha value is -0.860. The summed E-state index contributed by atoms with van der Waals surface area (Å²) in [6, 6.07) is 9.58. The standard InChI is InChI=1S/C17H26N2/c1-14-7-3-2-6-10-19(14)17(13-18)11-15-8-4-5-9-16(15)12-17/h4-5,8-9,14H,2-3,6-7,10-13,18H2,1H3. The molecule has 3 rings (SSSR count). The highest BCUT2D eigenvalue weighted by Gasteiger charge is 2.42. The minimum absolute atomic E-state index is 0.188. The van der Waals surface area contributed by atoms with Gasteiger partial charge in [-0.05, 0) is 50.3 Å². The van der Waals surface area contributed by atoms with Crippen LogP contribution in [-0.4, -0.2) is 29.6 Å². The molecule has 1 aromatic rings. The van der Waals surface area contributed by atoms with Crippen LogP contribution >= 0.6 is 0 Å². The number of likely N-dealkylation sites (tertiary alicyclic amines) is 1. The van der Waals surface area contributed by atoms with Crippen molar-refractivity contribution in [3.05, 3.63) is 35.4 Å². The molecule has 1 saturated heterocycles. The lowest BCUT2D eigenvalue weighted by Gasteiger charge is -2.44. The fourth-order valence-electron chi connectivity index (χ4n) is 4.12. The summed E-state index contributed by atoms with van der Waals surface area (Å²) >= 11 is 0. The smallest absolute Gasteiger partial charge is 0.0415 e. The molecule has 0 spiro atoms. The molecule has 2 aliphatic rings. The zero-order valence-corrected chi connectivity index (χ0v) is 12.1. The van der Waals surface area contributed by atoms with E-state index in [0.29, 0.717) is 6.04 Å². The molecule has 2 heteroatoms. The molecular weight excluding hydrogens is 232 g/mol. The van der Waals surface area contributed by atoms with Gasteiger partial charge >= 0.3 is 0 Å². The quantitative estimate of drug-likeness (QED) is 0.884. The topological polar surface area (TPSA) is 29.3 Å². The van der Waals surface area contributed by atoms with Gasteiger partial charge in [-0.15, -0.1) is 0 Å². The summed E-state index contributed by atoms with van der Waals surface area (Å²) in [5.41, 5.74) is 9.47. The molecule has 1 atom stereocenters. The van der Waals surface area contributed by atoms with Gasteiger partial charge in [0.05, 0.1) is 0 Å². The van der Waals surface area contributed by atoms with Crippen molar-refractivity contribution >= 4 is 0 Å². The van der Waals surface area contributed by atoms with E-state index in [1.165, 1.54) is 43.4 Å². The molecule has 0 bridgehead atoms. The van der Waals surface area contributed by atoms with Gasteiger partial charge in [0.25, 0.3) is 0 Å². The zero-order chi connectivity index (χ0) is 13.3. The van der Waals surface area contributed by atoms with Gasteiger partial charge < -0.3 is 5.73 Å². The second-order valence-corrected chi connectivity index (χ2v) is 6.44. The van der Waals surface area contributed by atoms with E-state index < -0.39 is 0 Å². The Balaban J connectivity index is 1.88. The molecule has 0 amide bonds. The molecule has 2 N–H and O–H groups in total. The van der Waals surface area contributed by atoms with E-state index in [9.17, 15) is 0 Å². The zero-order valence-electron chi connectivity index (χ0n) is 12.1. The highest BCUT2D eigenvalue weighted by molar-refractivity contribution is 5.36. The van der Waals surface area contributed by atoms with Crippen LogP contribution < -0.4 is 5.73 Å². The molecule has 104 valence electrons. The summed E-state index contributed by atoms with van der Waals surface area (Å²) in [7, 11) is 0. The summed E-state index contributed by atoms with van der Waals surface area (Å²) in [5.74, 6) is 0. The van der Waals surface area contributed by atoms with Crippen molar-refractivity contribution in [1.82, 2.24) is 4.90 Å². The Labute approximate surface area is 117 Å². The van der Waals surface area contributed by atoms with Gasteiger partial charge in [-0.2, -0.15) is 0 Å². The van der Waals surface area contributed by atoms with Crippen molar-refractivity contribution in [2.75, 3.05) is 13.1 Å². The maximum atomic E-state index is 6.25. The van der Waals surface area contributed by atoms with Crippen molar-refractivity contribution in [1.29, 1.82) is 0 Å². The molecule has 2 nitrogen and oxygen atoms in total. The van der Waals surface area contributed by atoms with Gasteiger partial charge in [-0.1, -0.05) is 37.1 Å². The maximum absolute atomic E-state index is 6.25. The summed E-state index contributed by atoms with van der Waals surface area (Å²) in [5, 5.41) is 0. The van der Waals surface area contributed by atoms with E-state index in [0.717, 1.165) is 19.4 Å². The second kappa shape index (κ2) is 5.26. The van der Waals surface area contributed by atoms with Crippen LogP contribution in [0, 0.1) is 0 Å². The van der Waals surface area contributed by atoms with E-state index in [1.807, 2.05) is 0 Å². The SMILES string of the molecule is CC1CCCCCN1C1(CN)Cc2ccccc2C1.